The Morgan fingerprint density at radius 1 is 0.939 bits per heavy atom. The maximum atomic E-state index is 12.6. The van der Waals surface area contributed by atoms with Crippen molar-refractivity contribution in [1.82, 2.24) is 4.90 Å². The Labute approximate surface area is 309 Å². The van der Waals surface area contributed by atoms with Crippen molar-refractivity contribution in [3.63, 3.8) is 0 Å². The number of hydrogen-bond donors (Lipinski definition) is 1. The van der Waals surface area contributed by atoms with Gasteiger partial charge in [-0.15, -0.1) is 0 Å². The highest BCUT2D eigenvalue weighted by atomic mass is 33.1. The second kappa shape index (κ2) is 18.0. The topological polar surface area (TPSA) is 57.6 Å². The SMILES string of the molecule is CC[C@@H]1C[C@@H](O)CN1C(=O)CCCCCCC(=O)CCSS[C@H]1CC[C@@]2(C)C(=CCC3C2CC[C@@]2(C)C3CC[C@@H]2[C@H](C)CCCC(C)C)C1. The predicted octanol–water partition coefficient (Wildman–Crippen LogP) is 11.4. The number of nitrogens with zero attached hydrogens (tertiary/aromatic N) is 1. The second-order valence-electron chi connectivity index (χ2n) is 18.3. The molecule has 280 valence electrons. The summed E-state index contributed by atoms with van der Waals surface area (Å²) in [5.74, 6) is 6.93. The van der Waals surface area contributed by atoms with Gasteiger partial charge in [-0.2, -0.15) is 0 Å². The van der Waals surface area contributed by atoms with E-state index in [2.05, 4.69) is 58.4 Å². The lowest BCUT2D eigenvalue weighted by Gasteiger charge is -2.58. The Hall–Kier alpha value is -0.460. The normalized spacial score (nSPS) is 36.3. The molecule has 6 heteroatoms. The summed E-state index contributed by atoms with van der Waals surface area (Å²) < 4.78 is 0. The van der Waals surface area contributed by atoms with Crippen molar-refractivity contribution in [2.45, 2.75) is 187 Å². The number of ketones is 1. The fourth-order valence-electron chi connectivity index (χ4n) is 11.8. The summed E-state index contributed by atoms with van der Waals surface area (Å²) in [5.41, 5.74) is 2.78. The molecule has 0 spiro atoms. The number of fused-ring (bicyclic) bond motifs is 5. The third-order valence-corrected chi connectivity index (χ3v) is 17.6. The van der Waals surface area contributed by atoms with Gasteiger partial charge in [-0.1, -0.05) is 107 Å². The molecule has 5 rings (SSSR count). The number of allylic oxidation sites excluding steroid dienone is 2. The molecule has 0 aromatic carbocycles. The lowest BCUT2D eigenvalue weighted by atomic mass is 9.47. The number of β-amino-alcohol motifs (C(OH)–C–C–N with tert-alkyl or cyclic N) is 1. The van der Waals surface area contributed by atoms with Gasteiger partial charge in [0.25, 0.3) is 0 Å². The maximum Gasteiger partial charge on any atom is 0.222 e. The van der Waals surface area contributed by atoms with Crippen LogP contribution in [0.25, 0.3) is 0 Å². The molecule has 49 heavy (non-hydrogen) atoms. The van der Waals surface area contributed by atoms with Crippen LogP contribution in [0, 0.1) is 46.3 Å². The van der Waals surface area contributed by atoms with E-state index in [1.165, 1.54) is 70.6 Å². The number of amides is 1. The van der Waals surface area contributed by atoms with E-state index < -0.39 is 0 Å². The van der Waals surface area contributed by atoms with Crippen LogP contribution in [0.15, 0.2) is 11.6 Å². The van der Waals surface area contributed by atoms with Gasteiger partial charge >= 0.3 is 0 Å². The standard InChI is InChI=1S/C43H73NO3S2/c1-7-33-28-35(46)29-44(33)41(47)16-11-9-8-10-15-34(45)23-26-48-49-36-21-24-42(5)32(27-36)17-18-37-39-20-19-38(31(4)14-12-13-30(2)3)43(39,6)25-22-40(37)42/h17,30-31,33,35-40,46H,7-16,18-29H2,1-6H3/t31-,33-,35-,36+,37?,38-,39?,40?,42+,43-/m1/s1. The summed E-state index contributed by atoms with van der Waals surface area (Å²) in [4.78, 5) is 27.0. The van der Waals surface area contributed by atoms with Crippen LogP contribution in [0.3, 0.4) is 0 Å². The Morgan fingerprint density at radius 2 is 1.71 bits per heavy atom. The summed E-state index contributed by atoms with van der Waals surface area (Å²) in [6, 6.07) is 0.207. The highest BCUT2D eigenvalue weighted by Crippen LogP contribution is 2.67. The molecule has 1 aliphatic heterocycles. The van der Waals surface area contributed by atoms with Crippen LogP contribution < -0.4 is 0 Å². The van der Waals surface area contributed by atoms with E-state index in [1.54, 1.807) is 5.57 Å². The first kappa shape index (κ1) is 39.7. The molecule has 5 aliphatic rings. The van der Waals surface area contributed by atoms with Crippen molar-refractivity contribution in [2.24, 2.45) is 46.3 Å². The van der Waals surface area contributed by atoms with Crippen LogP contribution >= 0.6 is 21.6 Å². The van der Waals surface area contributed by atoms with Gasteiger partial charge in [0.15, 0.2) is 0 Å². The van der Waals surface area contributed by atoms with Crippen molar-refractivity contribution < 1.29 is 14.7 Å². The second-order valence-corrected chi connectivity index (χ2v) is 21.1. The van der Waals surface area contributed by atoms with Gasteiger partial charge in [0, 0.05) is 42.9 Å². The molecule has 0 radical (unpaired) electrons. The summed E-state index contributed by atoms with van der Waals surface area (Å²) in [6.07, 6.45) is 25.3. The Bertz CT molecular complexity index is 1120. The van der Waals surface area contributed by atoms with Crippen LogP contribution in [-0.2, 0) is 9.59 Å². The fourth-order valence-corrected chi connectivity index (χ4v) is 14.5. The molecule has 1 saturated heterocycles. The number of rotatable bonds is 18. The van der Waals surface area contributed by atoms with Crippen molar-refractivity contribution in [1.29, 1.82) is 0 Å². The Morgan fingerprint density at radius 3 is 2.47 bits per heavy atom. The molecule has 0 bridgehead atoms. The molecule has 1 heterocycles. The number of unbranched alkanes of at least 4 members (excludes halogenated alkanes) is 3. The number of aliphatic hydroxyl groups is 1. The third kappa shape index (κ3) is 9.56. The summed E-state index contributed by atoms with van der Waals surface area (Å²) in [6.45, 7) is 15.3. The predicted molar refractivity (Wildman–Crippen MR) is 211 cm³/mol. The molecule has 3 saturated carbocycles. The van der Waals surface area contributed by atoms with Gasteiger partial charge < -0.3 is 10.0 Å². The van der Waals surface area contributed by atoms with E-state index in [9.17, 15) is 14.7 Å². The number of Topliss-reactive ketones (excluding diaryl/α,β-unsaturated/α-hetero) is 1. The lowest BCUT2D eigenvalue weighted by molar-refractivity contribution is -0.132. The van der Waals surface area contributed by atoms with E-state index in [1.807, 2.05) is 15.7 Å². The van der Waals surface area contributed by atoms with E-state index in [0.29, 0.717) is 47.7 Å². The van der Waals surface area contributed by atoms with Gasteiger partial charge in [-0.25, -0.2) is 0 Å². The Balaban J connectivity index is 0.970. The van der Waals surface area contributed by atoms with Crippen LogP contribution in [0.5, 0.6) is 0 Å². The average molecular weight is 716 g/mol. The van der Waals surface area contributed by atoms with Crippen LogP contribution in [-0.4, -0.2) is 51.4 Å². The summed E-state index contributed by atoms with van der Waals surface area (Å²) >= 11 is 0. The van der Waals surface area contributed by atoms with Gasteiger partial charge in [0.05, 0.1) is 6.10 Å². The number of likely N-dealkylation sites (tertiary alicyclic amines) is 1. The number of aliphatic hydroxyl groups excluding tert-OH is 1. The van der Waals surface area contributed by atoms with Gasteiger partial charge in [0.2, 0.25) is 5.91 Å². The smallest absolute Gasteiger partial charge is 0.222 e. The van der Waals surface area contributed by atoms with E-state index >= 15 is 0 Å². The molecule has 4 aliphatic carbocycles. The van der Waals surface area contributed by atoms with Crippen LogP contribution in [0.4, 0.5) is 0 Å². The highest BCUT2D eigenvalue weighted by molar-refractivity contribution is 8.76. The van der Waals surface area contributed by atoms with Gasteiger partial charge in [-0.3, -0.25) is 9.59 Å². The number of hydrogen-bond acceptors (Lipinski definition) is 5. The molecule has 0 aromatic heterocycles. The lowest BCUT2D eigenvalue weighted by Crippen LogP contribution is -2.50. The van der Waals surface area contributed by atoms with E-state index in [4.69, 9.17) is 0 Å². The van der Waals surface area contributed by atoms with Crippen LogP contribution in [0.1, 0.15) is 170 Å². The number of carbonyl (C=O) groups is 2. The molecular formula is C43H73NO3S2. The largest absolute Gasteiger partial charge is 0.391 e. The minimum atomic E-state index is -0.357. The monoisotopic (exact) mass is 716 g/mol. The molecule has 10 atom stereocenters. The van der Waals surface area contributed by atoms with Gasteiger partial charge in [0.1, 0.15) is 5.78 Å². The van der Waals surface area contributed by atoms with Crippen molar-refractivity contribution >= 4 is 33.3 Å². The fraction of sp³-hybridized carbons (Fsp3) is 0.907. The minimum Gasteiger partial charge on any atom is -0.391 e. The van der Waals surface area contributed by atoms with Crippen molar-refractivity contribution in [3.8, 4) is 0 Å². The average Bonchev–Trinajstić information content (AvgIpc) is 3.63. The van der Waals surface area contributed by atoms with E-state index in [-0.39, 0.29) is 18.1 Å². The molecule has 4 fully saturated rings. The molecule has 4 nitrogen and oxygen atoms in total. The molecule has 0 aromatic rings. The first-order chi connectivity index (χ1) is 23.5. The third-order valence-electron chi connectivity index (χ3n) is 14.7. The maximum absolute atomic E-state index is 12.6. The zero-order chi connectivity index (χ0) is 35.2. The highest BCUT2D eigenvalue weighted by Gasteiger charge is 2.59. The van der Waals surface area contributed by atoms with Crippen molar-refractivity contribution in [2.75, 3.05) is 12.3 Å². The molecule has 3 unspecified atom stereocenters. The minimum absolute atomic E-state index is 0.192. The van der Waals surface area contributed by atoms with Gasteiger partial charge in [-0.05, 0) is 123 Å². The molecule has 1 N–H and O–H groups in total. The van der Waals surface area contributed by atoms with Crippen LogP contribution in [0.2, 0.25) is 0 Å². The Kier molecular flexibility index (Phi) is 14.6. The molecule has 1 amide bonds. The first-order valence-corrected chi connectivity index (χ1v) is 23.3. The number of carbonyl (C=O) groups excluding carboxylic acids is 2. The summed E-state index contributed by atoms with van der Waals surface area (Å²) in [5, 5.41) is 10.6. The quantitative estimate of drug-likeness (QED) is 0.0870. The van der Waals surface area contributed by atoms with E-state index in [0.717, 1.165) is 79.8 Å². The van der Waals surface area contributed by atoms with Crippen molar-refractivity contribution in [3.05, 3.63) is 11.6 Å². The molecular weight excluding hydrogens is 643 g/mol. The first-order valence-electron chi connectivity index (χ1n) is 20.9. The summed E-state index contributed by atoms with van der Waals surface area (Å²) in [7, 11) is 4.02. The zero-order valence-electron chi connectivity index (χ0n) is 32.4. The zero-order valence-corrected chi connectivity index (χ0v) is 34.0.